The van der Waals surface area contributed by atoms with Crippen LogP contribution in [0.25, 0.3) is 0 Å². The SMILES string of the molecule is OCC1CN(Cc2nnc(C3CC3)n2C2CC2)c2ccccc2O1. The molecule has 5 rings (SSSR count). The van der Waals surface area contributed by atoms with Crippen LogP contribution in [0.1, 0.15) is 49.3 Å². The summed E-state index contributed by atoms with van der Waals surface area (Å²) in [5.74, 6) is 3.69. The molecule has 6 heteroatoms. The molecule has 1 N–H and O–H groups in total. The second-order valence-corrected chi connectivity index (χ2v) is 7.12. The van der Waals surface area contributed by atoms with Crippen LogP contribution in [0.2, 0.25) is 0 Å². The average Bonchev–Trinajstić information content (AvgIpc) is 3.54. The van der Waals surface area contributed by atoms with Crippen molar-refractivity contribution in [1.82, 2.24) is 14.8 Å². The highest BCUT2D eigenvalue weighted by atomic mass is 16.5. The first kappa shape index (κ1) is 14.3. The molecule has 1 aromatic carbocycles. The van der Waals surface area contributed by atoms with Crippen LogP contribution in [0.4, 0.5) is 5.69 Å². The molecule has 1 atom stereocenters. The number of benzene rings is 1. The topological polar surface area (TPSA) is 63.4 Å². The van der Waals surface area contributed by atoms with Crippen LogP contribution in [-0.2, 0) is 6.54 Å². The Kier molecular flexibility index (Phi) is 3.26. The summed E-state index contributed by atoms with van der Waals surface area (Å²) in [7, 11) is 0. The van der Waals surface area contributed by atoms with Gasteiger partial charge in [-0.2, -0.15) is 0 Å². The summed E-state index contributed by atoms with van der Waals surface area (Å²) < 4.78 is 8.25. The predicted octanol–water partition coefficient (Wildman–Crippen LogP) is 2.25. The molecule has 6 nitrogen and oxygen atoms in total. The predicted molar refractivity (Wildman–Crippen MR) is 89.3 cm³/mol. The lowest BCUT2D eigenvalue weighted by molar-refractivity contribution is 0.111. The second-order valence-electron chi connectivity index (χ2n) is 7.12. The van der Waals surface area contributed by atoms with Crippen LogP contribution in [-0.4, -0.2) is 39.1 Å². The van der Waals surface area contributed by atoms with Crippen LogP contribution >= 0.6 is 0 Å². The largest absolute Gasteiger partial charge is 0.484 e. The number of para-hydroxylation sites is 2. The fourth-order valence-electron chi connectivity index (χ4n) is 3.59. The van der Waals surface area contributed by atoms with E-state index in [0.717, 1.165) is 17.3 Å². The van der Waals surface area contributed by atoms with E-state index in [1.807, 2.05) is 18.2 Å². The summed E-state index contributed by atoms with van der Waals surface area (Å²) in [6.07, 6.45) is 4.78. The van der Waals surface area contributed by atoms with Gasteiger partial charge in [-0.05, 0) is 37.8 Å². The van der Waals surface area contributed by atoms with Gasteiger partial charge in [0, 0.05) is 12.0 Å². The van der Waals surface area contributed by atoms with Crippen LogP contribution in [0.3, 0.4) is 0 Å². The lowest BCUT2D eigenvalue weighted by Gasteiger charge is -2.35. The minimum Gasteiger partial charge on any atom is -0.484 e. The molecule has 3 aliphatic rings. The fraction of sp³-hybridized carbons (Fsp3) is 0.556. The van der Waals surface area contributed by atoms with Crippen molar-refractivity contribution in [3.05, 3.63) is 35.9 Å². The van der Waals surface area contributed by atoms with Crippen molar-refractivity contribution < 1.29 is 9.84 Å². The van der Waals surface area contributed by atoms with Crippen LogP contribution in [0.15, 0.2) is 24.3 Å². The van der Waals surface area contributed by atoms with E-state index in [1.165, 1.54) is 31.5 Å². The maximum atomic E-state index is 9.55. The summed E-state index contributed by atoms with van der Waals surface area (Å²) in [6.45, 7) is 1.41. The first-order chi connectivity index (χ1) is 11.8. The molecule has 24 heavy (non-hydrogen) atoms. The third kappa shape index (κ3) is 2.45. The lowest BCUT2D eigenvalue weighted by Crippen LogP contribution is -2.42. The minimum absolute atomic E-state index is 0.0213. The molecule has 2 fully saturated rings. The van der Waals surface area contributed by atoms with Crippen molar-refractivity contribution in [2.24, 2.45) is 0 Å². The molecular weight excluding hydrogens is 304 g/mol. The Balaban J connectivity index is 1.47. The Labute approximate surface area is 141 Å². The van der Waals surface area contributed by atoms with Crippen molar-refractivity contribution in [2.45, 2.75) is 50.3 Å². The zero-order valence-corrected chi connectivity index (χ0v) is 13.6. The first-order valence-corrected chi connectivity index (χ1v) is 8.88. The summed E-state index contributed by atoms with van der Waals surface area (Å²) in [5.41, 5.74) is 1.07. The van der Waals surface area contributed by atoms with Gasteiger partial charge >= 0.3 is 0 Å². The maximum Gasteiger partial charge on any atom is 0.152 e. The Morgan fingerprint density at radius 2 is 1.96 bits per heavy atom. The molecule has 0 bridgehead atoms. The first-order valence-electron chi connectivity index (χ1n) is 8.88. The zero-order valence-electron chi connectivity index (χ0n) is 13.6. The van der Waals surface area contributed by atoms with Crippen molar-refractivity contribution >= 4 is 5.69 Å². The highest BCUT2D eigenvalue weighted by Crippen LogP contribution is 2.45. The molecule has 1 aliphatic heterocycles. The van der Waals surface area contributed by atoms with E-state index in [-0.39, 0.29) is 12.7 Å². The van der Waals surface area contributed by atoms with Crippen molar-refractivity contribution in [3.63, 3.8) is 0 Å². The molecule has 1 unspecified atom stereocenters. The Bertz CT molecular complexity index is 751. The summed E-state index contributed by atoms with van der Waals surface area (Å²) >= 11 is 0. The van der Waals surface area contributed by atoms with Gasteiger partial charge in [0.1, 0.15) is 17.7 Å². The Hall–Kier alpha value is -2.08. The van der Waals surface area contributed by atoms with Gasteiger partial charge < -0.3 is 19.3 Å². The summed E-state index contributed by atoms with van der Waals surface area (Å²) in [5, 5.41) is 18.6. The number of nitrogens with zero attached hydrogens (tertiary/aromatic N) is 4. The number of ether oxygens (including phenoxy) is 1. The molecule has 2 heterocycles. The molecule has 2 aliphatic carbocycles. The zero-order chi connectivity index (χ0) is 16.1. The quantitative estimate of drug-likeness (QED) is 0.913. The maximum absolute atomic E-state index is 9.55. The highest BCUT2D eigenvalue weighted by molar-refractivity contribution is 5.60. The smallest absolute Gasteiger partial charge is 0.152 e. The van der Waals surface area contributed by atoms with Gasteiger partial charge in [0.25, 0.3) is 0 Å². The van der Waals surface area contributed by atoms with E-state index >= 15 is 0 Å². The third-order valence-electron chi connectivity index (χ3n) is 5.11. The monoisotopic (exact) mass is 326 g/mol. The number of hydrogen-bond acceptors (Lipinski definition) is 5. The lowest BCUT2D eigenvalue weighted by atomic mass is 10.2. The normalized spacial score (nSPS) is 23.0. The van der Waals surface area contributed by atoms with Crippen LogP contribution in [0.5, 0.6) is 5.75 Å². The Morgan fingerprint density at radius 1 is 1.12 bits per heavy atom. The average molecular weight is 326 g/mol. The van der Waals surface area contributed by atoms with Crippen molar-refractivity contribution in [2.75, 3.05) is 18.1 Å². The molecule has 2 saturated carbocycles. The van der Waals surface area contributed by atoms with Gasteiger partial charge in [0.2, 0.25) is 0 Å². The molecule has 1 aromatic heterocycles. The van der Waals surface area contributed by atoms with Crippen molar-refractivity contribution in [3.8, 4) is 5.75 Å². The summed E-state index contributed by atoms with van der Waals surface area (Å²) in [6, 6.07) is 8.62. The van der Waals surface area contributed by atoms with Gasteiger partial charge in [0.05, 0.1) is 25.4 Å². The van der Waals surface area contributed by atoms with Crippen molar-refractivity contribution in [1.29, 1.82) is 0 Å². The summed E-state index contributed by atoms with van der Waals surface area (Å²) in [4.78, 5) is 2.26. The number of rotatable bonds is 5. The number of aliphatic hydroxyl groups is 1. The molecule has 0 amide bonds. The Morgan fingerprint density at radius 3 is 2.71 bits per heavy atom. The van der Waals surface area contributed by atoms with Gasteiger partial charge in [-0.3, -0.25) is 0 Å². The number of aromatic nitrogens is 3. The van der Waals surface area contributed by atoms with Crippen LogP contribution < -0.4 is 9.64 Å². The van der Waals surface area contributed by atoms with E-state index in [9.17, 15) is 5.11 Å². The molecule has 0 saturated heterocycles. The number of fused-ring (bicyclic) bond motifs is 1. The van der Waals surface area contributed by atoms with E-state index < -0.39 is 0 Å². The molecule has 2 aromatic rings. The van der Waals surface area contributed by atoms with E-state index in [0.29, 0.717) is 25.0 Å². The van der Waals surface area contributed by atoms with E-state index in [2.05, 4.69) is 25.7 Å². The van der Waals surface area contributed by atoms with Gasteiger partial charge in [-0.15, -0.1) is 10.2 Å². The third-order valence-corrected chi connectivity index (χ3v) is 5.11. The molecule has 126 valence electrons. The standard InChI is InChI=1S/C18H22N4O2/c23-11-14-9-21(15-3-1-2-4-16(15)24-14)10-17-19-20-18(12-5-6-12)22(17)13-7-8-13/h1-4,12-14,23H,5-11H2. The van der Waals surface area contributed by atoms with Gasteiger partial charge in [-0.1, -0.05) is 12.1 Å². The molecule has 0 spiro atoms. The molecular formula is C18H22N4O2. The number of aliphatic hydroxyl groups excluding tert-OH is 1. The highest BCUT2D eigenvalue weighted by Gasteiger charge is 2.37. The fourth-order valence-corrected chi connectivity index (χ4v) is 3.59. The van der Waals surface area contributed by atoms with E-state index in [1.54, 1.807) is 0 Å². The second kappa shape index (κ2) is 5.48. The van der Waals surface area contributed by atoms with Gasteiger partial charge in [-0.25, -0.2) is 0 Å². The molecule has 0 radical (unpaired) electrons. The van der Waals surface area contributed by atoms with E-state index in [4.69, 9.17) is 4.74 Å². The number of hydrogen-bond donors (Lipinski definition) is 1. The van der Waals surface area contributed by atoms with Gasteiger partial charge in [0.15, 0.2) is 5.82 Å². The van der Waals surface area contributed by atoms with Crippen LogP contribution in [0, 0.1) is 0 Å². The minimum atomic E-state index is -0.194. The number of anilines is 1.